The normalized spacial score (nSPS) is 20.8. The second-order valence-corrected chi connectivity index (χ2v) is 6.84. The van der Waals surface area contributed by atoms with Gasteiger partial charge in [0, 0.05) is 18.8 Å². The fourth-order valence-corrected chi connectivity index (χ4v) is 3.20. The van der Waals surface area contributed by atoms with E-state index < -0.39 is 0 Å². The Hall–Kier alpha value is -2.28. The third kappa shape index (κ3) is 3.71. The van der Waals surface area contributed by atoms with Crippen molar-refractivity contribution in [2.45, 2.75) is 57.7 Å². The highest BCUT2D eigenvalue weighted by atomic mass is 16.5. The van der Waals surface area contributed by atoms with Gasteiger partial charge < -0.3 is 9.84 Å². The maximum atomic E-state index is 12.0. The van der Waals surface area contributed by atoms with E-state index in [-0.39, 0.29) is 23.8 Å². The van der Waals surface area contributed by atoms with Crippen molar-refractivity contribution in [3.8, 4) is 0 Å². The van der Waals surface area contributed by atoms with Gasteiger partial charge in [0.05, 0.1) is 11.7 Å². The first kappa shape index (κ1) is 16.2. The van der Waals surface area contributed by atoms with Crippen molar-refractivity contribution in [3.05, 3.63) is 41.3 Å². The Morgan fingerprint density at radius 3 is 2.96 bits per heavy atom. The third-order valence-electron chi connectivity index (χ3n) is 4.87. The van der Waals surface area contributed by atoms with E-state index in [0.29, 0.717) is 5.89 Å². The molecule has 2 aromatic heterocycles. The van der Waals surface area contributed by atoms with Gasteiger partial charge in [0.2, 0.25) is 5.89 Å². The summed E-state index contributed by atoms with van der Waals surface area (Å²) in [5.74, 6) is 0.432. The van der Waals surface area contributed by atoms with Crippen LogP contribution in [-0.4, -0.2) is 38.5 Å². The summed E-state index contributed by atoms with van der Waals surface area (Å²) in [6.07, 6.45) is 7.04. The molecular weight excluding hydrogens is 318 g/mol. The molecule has 3 heterocycles. The Morgan fingerprint density at radius 2 is 2.24 bits per heavy atom. The molecule has 132 valence electrons. The molecule has 1 atom stereocenters. The van der Waals surface area contributed by atoms with Gasteiger partial charge in [0.1, 0.15) is 0 Å². The Bertz CT molecular complexity index is 738. The van der Waals surface area contributed by atoms with Gasteiger partial charge in [0.15, 0.2) is 0 Å². The average molecular weight is 341 g/mol. The van der Waals surface area contributed by atoms with Crippen molar-refractivity contribution in [3.63, 3.8) is 0 Å². The number of likely N-dealkylation sites (tertiary alicyclic amines) is 1. The lowest BCUT2D eigenvalue weighted by Crippen LogP contribution is -2.27. The lowest BCUT2D eigenvalue weighted by molar-refractivity contribution is 0.0937. The van der Waals surface area contributed by atoms with E-state index in [9.17, 15) is 4.79 Å². The highest BCUT2D eigenvalue weighted by Gasteiger charge is 2.32. The van der Waals surface area contributed by atoms with E-state index in [1.807, 2.05) is 6.20 Å². The Morgan fingerprint density at radius 1 is 1.36 bits per heavy atom. The first-order valence-corrected chi connectivity index (χ1v) is 9.05. The highest BCUT2D eigenvalue weighted by molar-refractivity contribution is 5.90. The Kier molecular flexibility index (Phi) is 4.48. The van der Waals surface area contributed by atoms with Crippen LogP contribution in [0.4, 0.5) is 0 Å². The summed E-state index contributed by atoms with van der Waals surface area (Å²) in [4.78, 5) is 23.2. The second kappa shape index (κ2) is 6.92. The molecule has 4 rings (SSSR count). The van der Waals surface area contributed by atoms with Crippen LogP contribution in [0.1, 0.15) is 66.4 Å². The smallest absolute Gasteiger partial charge is 0.292 e. The number of aryl methyl sites for hydroxylation is 1. The number of amides is 1. The van der Waals surface area contributed by atoms with E-state index in [0.717, 1.165) is 50.9 Å². The van der Waals surface area contributed by atoms with Crippen molar-refractivity contribution in [2.75, 3.05) is 6.54 Å². The summed E-state index contributed by atoms with van der Waals surface area (Å²) in [6, 6.07) is 4.55. The predicted molar refractivity (Wildman–Crippen MR) is 90.8 cm³/mol. The maximum absolute atomic E-state index is 12.0. The molecule has 1 N–H and O–H groups in total. The number of nitrogens with one attached hydrogen (secondary N) is 1. The molecule has 0 radical (unpaired) electrons. The molecule has 2 aliphatic rings. The molecule has 1 aliphatic heterocycles. The lowest BCUT2D eigenvalue weighted by atomic mass is 10.2. The molecule has 1 saturated carbocycles. The standard InChI is InChI=1S/C18H23N5O2/c1-2-12-5-6-14(19-10-12)11-23-9-3-4-15(23)18-21-16(22-25-18)17(24)20-13-7-8-13/h5-6,10,13,15H,2-4,7-9,11H2,1H3,(H,20,24)/t15-/m1/s1. The fraction of sp³-hybridized carbons (Fsp3) is 0.556. The van der Waals surface area contributed by atoms with Gasteiger partial charge in [-0.1, -0.05) is 18.1 Å². The monoisotopic (exact) mass is 341 g/mol. The molecule has 25 heavy (non-hydrogen) atoms. The molecule has 0 unspecified atom stereocenters. The quantitative estimate of drug-likeness (QED) is 0.867. The number of nitrogens with zero attached hydrogens (tertiary/aromatic N) is 4. The predicted octanol–water partition coefficient (Wildman–Crippen LogP) is 2.26. The zero-order chi connectivity index (χ0) is 17.2. The Balaban J connectivity index is 1.43. The van der Waals surface area contributed by atoms with Gasteiger partial charge in [-0.05, 0) is 50.3 Å². The topological polar surface area (TPSA) is 84.2 Å². The van der Waals surface area contributed by atoms with Crippen LogP contribution in [-0.2, 0) is 13.0 Å². The molecule has 1 saturated heterocycles. The van der Waals surface area contributed by atoms with Crippen molar-refractivity contribution >= 4 is 5.91 Å². The van der Waals surface area contributed by atoms with Crippen molar-refractivity contribution < 1.29 is 9.32 Å². The molecule has 1 aliphatic carbocycles. The minimum Gasteiger partial charge on any atom is -0.346 e. The molecule has 2 aromatic rings. The summed E-state index contributed by atoms with van der Waals surface area (Å²) in [7, 11) is 0. The number of carbonyl (C=O) groups excluding carboxylic acids is 1. The molecule has 0 spiro atoms. The van der Waals surface area contributed by atoms with Crippen LogP contribution in [0.25, 0.3) is 0 Å². The van der Waals surface area contributed by atoms with Crippen LogP contribution >= 0.6 is 0 Å². The minimum absolute atomic E-state index is 0.0580. The maximum Gasteiger partial charge on any atom is 0.292 e. The SMILES string of the molecule is CCc1ccc(CN2CCC[C@@H]2c2nc(C(=O)NC3CC3)no2)nc1. The van der Waals surface area contributed by atoms with E-state index in [1.165, 1.54) is 5.56 Å². The largest absolute Gasteiger partial charge is 0.346 e. The molecule has 0 aromatic carbocycles. The molecule has 0 bridgehead atoms. The van der Waals surface area contributed by atoms with Crippen molar-refractivity contribution in [2.24, 2.45) is 0 Å². The first-order valence-electron chi connectivity index (χ1n) is 9.05. The van der Waals surface area contributed by atoms with Gasteiger partial charge in [0.25, 0.3) is 11.7 Å². The molecule has 7 nitrogen and oxygen atoms in total. The van der Waals surface area contributed by atoms with E-state index in [4.69, 9.17) is 4.52 Å². The highest BCUT2D eigenvalue weighted by Crippen LogP contribution is 2.32. The second-order valence-electron chi connectivity index (χ2n) is 6.84. The van der Waals surface area contributed by atoms with Crippen LogP contribution < -0.4 is 5.32 Å². The summed E-state index contributed by atoms with van der Waals surface area (Å²) in [6.45, 7) is 3.84. The van der Waals surface area contributed by atoms with E-state index in [1.54, 1.807) is 0 Å². The van der Waals surface area contributed by atoms with Crippen molar-refractivity contribution in [1.29, 1.82) is 0 Å². The van der Waals surface area contributed by atoms with Gasteiger partial charge >= 0.3 is 0 Å². The average Bonchev–Trinajstić information content (AvgIpc) is 3.12. The third-order valence-corrected chi connectivity index (χ3v) is 4.87. The molecule has 1 amide bonds. The van der Waals surface area contributed by atoms with Crippen LogP contribution in [0, 0.1) is 0 Å². The van der Waals surface area contributed by atoms with Crippen LogP contribution in [0.3, 0.4) is 0 Å². The zero-order valence-electron chi connectivity index (χ0n) is 14.4. The number of carbonyl (C=O) groups is 1. The number of hydrogen-bond acceptors (Lipinski definition) is 6. The molecular formula is C18H23N5O2. The fourth-order valence-electron chi connectivity index (χ4n) is 3.20. The van der Waals surface area contributed by atoms with Gasteiger partial charge in [-0.25, -0.2) is 0 Å². The minimum atomic E-state index is -0.237. The number of pyridine rings is 1. The van der Waals surface area contributed by atoms with Crippen LogP contribution in [0.5, 0.6) is 0 Å². The van der Waals surface area contributed by atoms with Gasteiger partial charge in [-0.3, -0.25) is 14.7 Å². The first-order chi connectivity index (χ1) is 12.2. The summed E-state index contributed by atoms with van der Waals surface area (Å²) < 4.78 is 5.39. The number of aromatic nitrogens is 3. The van der Waals surface area contributed by atoms with Gasteiger partial charge in [-0.2, -0.15) is 4.98 Å². The van der Waals surface area contributed by atoms with Crippen LogP contribution in [0.2, 0.25) is 0 Å². The number of rotatable bonds is 6. The van der Waals surface area contributed by atoms with E-state index >= 15 is 0 Å². The zero-order valence-corrected chi connectivity index (χ0v) is 14.4. The van der Waals surface area contributed by atoms with E-state index in [2.05, 4.69) is 44.4 Å². The summed E-state index contributed by atoms with van der Waals surface area (Å²) in [5, 5.41) is 6.75. The van der Waals surface area contributed by atoms with Crippen LogP contribution in [0.15, 0.2) is 22.9 Å². The van der Waals surface area contributed by atoms with Crippen molar-refractivity contribution in [1.82, 2.24) is 25.3 Å². The Labute approximate surface area is 146 Å². The number of hydrogen-bond donors (Lipinski definition) is 1. The lowest BCUT2D eigenvalue weighted by Gasteiger charge is -2.20. The van der Waals surface area contributed by atoms with Gasteiger partial charge in [-0.15, -0.1) is 0 Å². The molecule has 2 fully saturated rings. The molecule has 7 heteroatoms. The summed E-state index contributed by atoms with van der Waals surface area (Å²) >= 11 is 0. The summed E-state index contributed by atoms with van der Waals surface area (Å²) in [5.41, 5.74) is 2.28.